The number of oxime groups is 1. The summed E-state index contributed by atoms with van der Waals surface area (Å²) in [5.41, 5.74) is 3.71. The normalized spacial score (nSPS) is 20.7. The molecule has 1 fully saturated rings. The highest BCUT2D eigenvalue weighted by Crippen LogP contribution is 2.62. The van der Waals surface area contributed by atoms with E-state index in [2.05, 4.69) is 38.5 Å². The highest BCUT2D eigenvalue weighted by atomic mass is 79.9. The molecule has 1 unspecified atom stereocenters. The van der Waals surface area contributed by atoms with Crippen molar-refractivity contribution in [2.75, 3.05) is 5.32 Å². The van der Waals surface area contributed by atoms with Crippen molar-refractivity contribution in [3.8, 4) is 0 Å². The minimum atomic E-state index is -0.0749. The molecule has 2 aliphatic rings. The molecular weight excluding hydrogens is 356 g/mol. The summed E-state index contributed by atoms with van der Waals surface area (Å²) in [7, 11) is 0. The van der Waals surface area contributed by atoms with Crippen LogP contribution in [0.25, 0.3) is 0 Å². The first-order valence-electron chi connectivity index (χ1n) is 7.54. The van der Waals surface area contributed by atoms with Crippen molar-refractivity contribution in [3.63, 3.8) is 0 Å². The van der Waals surface area contributed by atoms with Crippen LogP contribution < -0.4 is 5.32 Å². The highest BCUT2D eigenvalue weighted by Gasteiger charge is 2.60. The van der Waals surface area contributed by atoms with Gasteiger partial charge in [-0.05, 0) is 36.6 Å². The predicted molar refractivity (Wildman–Crippen MR) is 92.3 cm³/mol. The summed E-state index contributed by atoms with van der Waals surface area (Å²) in [6, 6.07) is 15.9. The fourth-order valence-electron chi connectivity index (χ4n) is 3.27. The van der Waals surface area contributed by atoms with E-state index in [0.717, 1.165) is 39.8 Å². The Hall–Kier alpha value is -2.14. The number of hydrogen-bond acceptors (Lipinski definition) is 3. The molecule has 1 spiro atoms. The molecule has 1 aliphatic carbocycles. The average molecular weight is 371 g/mol. The second-order valence-corrected chi connectivity index (χ2v) is 6.86. The lowest BCUT2D eigenvalue weighted by atomic mass is 9.85. The molecule has 1 amide bonds. The number of halogens is 1. The minimum absolute atomic E-state index is 0.0603. The second-order valence-electron chi connectivity index (χ2n) is 5.94. The van der Waals surface area contributed by atoms with Crippen LogP contribution in [0.15, 0.2) is 58.2 Å². The number of nitrogens with one attached hydrogen (secondary N) is 1. The van der Waals surface area contributed by atoms with Crippen molar-refractivity contribution >= 4 is 33.7 Å². The third-order valence-electron chi connectivity index (χ3n) is 4.58. The van der Waals surface area contributed by atoms with E-state index in [1.54, 1.807) is 0 Å². The first-order chi connectivity index (χ1) is 11.2. The molecule has 1 atom stereocenters. The van der Waals surface area contributed by atoms with Crippen LogP contribution in [-0.2, 0) is 9.63 Å². The fraction of sp³-hybridized carbons (Fsp3) is 0.222. The first kappa shape index (κ1) is 14.5. The van der Waals surface area contributed by atoms with Gasteiger partial charge in [0.05, 0.1) is 11.1 Å². The summed E-state index contributed by atoms with van der Waals surface area (Å²) in [4.78, 5) is 16.7. The van der Waals surface area contributed by atoms with Crippen molar-refractivity contribution in [3.05, 3.63) is 64.1 Å². The Morgan fingerprint density at radius 2 is 1.91 bits per heavy atom. The van der Waals surface area contributed by atoms with Crippen molar-refractivity contribution in [1.82, 2.24) is 0 Å². The zero-order valence-electron chi connectivity index (χ0n) is 12.3. The number of carbonyl (C=O) groups excluding carboxylic acids is 1. The van der Waals surface area contributed by atoms with Crippen LogP contribution in [0, 0.1) is 5.41 Å². The SMILES string of the molecule is O=CNc1ccccc1C1=NOC(c2ccc(Br)cc2)C12CC2. The van der Waals surface area contributed by atoms with Gasteiger partial charge in [-0.2, -0.15) is 0 Å². The van der Waals surface area contributed by atoms with Crippen LogP contribution in [0.4, 0.5) is 5.69 Å². The number of para-hydroxylation sites is 1. The Labute approximate surface area is 142 Å². The van der Waals surface area contributed by atoms with Gasteiger partial charge in [0.1, 0.15) is 0 Å². The Kier molecular flexibility index (Phi) is 3.45. The number of carbonyl (C=O) groups is 1. The Balaban J connectivity index is 1.70. The summed E-state index contributed by atoms with van der Waals surface area (Å²) in [5.74, 6) is 0. The Morgan fingerprint density at radius 1 is 1.17 bits per heavy atom. The lowest BCUT2D eigenvalue weighted by molar-refractivity contribution is -0.105. The molecular formula is C18H15BrN2O2. The van der Waals surface area contributed by atoms with Crippen LogP contribution >= 0.6 is 15.9 Å². The van der Waals surface area contributed by atoms with E-state index in [4.69, 9.17) is 4.84 Å². The van der Waals surface area contributed by atoms with E-state index in [9.17, 15) is 4.79 Å². The number of anilines is 1. The maximum absolute atomic E-state index is 10.8. The van der Waals surface area contributed by atoms with E-state index < -0.39 is 0 Å². The minimum Gasteiger partial charge on any atom is -0.386 e. The molecule has 1 aliphatic heterocycles. The molecule has 5 heteroatoms. The lowest BCUT2D eigenvalue weighted by Crippen LogP contribution is -2.20. The van der Waals surface area contributed by atoms with Crippen LogP contribution in [0.3, 0.4) is 0 Å². The molecule has 0 saturated heterocycles. The standard InChI is InChI=1S/C18H15BrN2O2/c19-13-7-5-12(6-8-13)17-18(9-10-18)16(21-23-17)14-3-1-2-4-15(14)20-11-22/h1-8,11,17H,9-10H2,(H,20,22). The molecule has 1 saturated carbocycles. The molecule has 0 radical (unpaired) electrons. The van der Waals surface area contributed by atoms with Crippen LogP contribution in [0.5, 0.6) is 0 Å². The summed E-state index contributed by atoms with van der Waals surface area (Å²) < 4.78 is 1.05. The predicted octanol–water partition coefficient (Wildman–Crippen LogP) is 4.27. The molecule has 2 aromatic carbocycles. The third kappa shape index (κ3) is 2.36. The number of amides is 1. The van der Waals surface area contributed by atoms with Gasteiger partial charge in [0, 0.05) is 15.7 Å². The largest absolute Gasteiger partial charge is 0.386 e. The summed E-state index contributed by atoms with van der Waals surface area (Å²) >= 11 is 3.46. The second kappa shape index (κ2) is 5.49. The third-order valence-corrected chi connectivity index (χ3v) is 5.11. The van der Waals surface area contributed by atoms with Gasteiger partial charge < -0.3 is 10.2 Å². The van der Waals surface area contributed by atoms with E-state index >= 15 is 0 Å². The van der Waals surface area contributed by atoms with Crippen molar-refractivity contribution in [1.29, 1.82) is 0 Å². The highest BCUT2D eigenvalue weighted by molar-refractivity contribution is 9.10. The summed E-state index contributed by atoms with van der Waals surface area (Å²) in [6.45, 7) is 0. The summed E-state index contributed by atoms with van der Waals surface area (Å²) in [5, 5.41) is 7.15. The van der Waals surface area contributed by atoms with Crippen molar-refractivity contribution in [2.24, 2.45) is 10.6 Å². The van der Waals surface area contributed by atoms with Crippen LogP contribution in [-0.4, -0.2) is 12.1 Å². The van der Waals surface area contributed by atoms with E-state index in [0.29, 0.717) is 6.41 Å². The molecule has 0 bridgehead atoms. The van der Waals surface area contributed by atoms with Gasteiger partial charge in [-0.1, -0.05) is 51.4 Å². The summed E-state index contributed by atoms with van der Waals surface area (Å²) in [6.07, 6.45) is 2.72. The van der Waals surface area contributed by atoms with Crippen molar-refractivity contribution in [2.45, 2.75) is 18.9 Å². The smallest absolute Gasteiger partial charge is 0.211 e. The topological polar surface area (TPSA) is 50.7 Å². The molecule has 4 rings (SSSR count). The zero-order valence-corrected chi connectivity index (χ0v) is 13.9. The molecule has 23 heavy (non-hydrogen) atoms. The van der Waals surface area contributed by atoms with Crippen LogP contribution in [0.1, 0.15) is 30.1 Å². The van der Waals surface area contributed by atoms with Gasteiger partial charge in [0.2, 0.25) is 6.41 Å². The van der Waals surface area contributed by atoms with Gasteiger partial charge in [0.25, 0.3) is 0 Å². The van der Waals surface area contributed by atoms with Gasteiger partial charge in [-0.3, -0.25) is 4.79 Å². The number of rotatable bonds is 4. The van der Waals surface area contributed by atoms with Gasteiger partial charge in [0.15, 0.2) is 6.10 Å². The quantitative estimate of drug-likeness (QED) is 0.816. The number of hydrogen-bond donors (Lipinski definition) is 1. The van der Waals surface area contributed by atoms with Crippen LogP contribution in [0.2, 0.25) is 0 Å². The van der Waals surface area contributed by atoms with E-state index in [1.807, 2.05) is 36.4 Å². The number of nitrogens with zero attached hydrogens (tertiary/aromatic N) is 1. The van der Waals surface area contributed by atoms with Gasteiger partial charge in [-0.25, -0.2) is 0 Å². The maximum atomic E-state index is 10.8. The molecule has 0 aromatic heterocycles. The first-order valence-corrected chi connectivity index (χ1v) is 8.33. The number of benzene rings is 2. The maximum Gasteiger partial charge on any atom is 0.211 e. The van der Waals surface area contributed by atoms with E-state index in [-0.39, 0.29) is 11.5 Å². The Morgan fingerprint density at radius 3 is 2.61 bits per heavy atom. The van der Waals surface area contributed by atoms with Gasteiger partial charge >= 0.3 is 0 Å². The fourth-order valence-corrected chi connectivity index (χ4v) is 3.53. The molecule has 1 heterocycles. The van der Waals surface area contributed by atoms with E-state index in [1.165, 1.54) is 0 Å². The van der Waals surface area contributed by atoms with Gasteiger partial charge in [-0.15, -0.1) is 0 Å². The van der Waals surface area contributed by atoms with Crippen molar-refractivity contribution < 1.29 is 9.63 Å². The zero-order chi connectivity index (χ0) is 15.9. The lowest BCUT2D eigenvalue weighted by Gasteiger charge is -2.19. The Bertz CT molecular complexity index is 782. The molecule has 116 valence electrons. The monoisotopic (exact) mass is 370 g/mol. The molecule has 4 nitrogen and oxygen atoms in total. The average Bonchev–Trinajstić information content (AvgIpc) is 3.26. The molecule has 1 N–H and O–H groups in total. The molecule has 2 aromatic rings.